The third-order valence-corrected chi connectivity index (χ3v) is 18.9. The van der Waals surface area contributed by atoms with Gasteiger partial charge in [0.1, 0.15) is 22.8 Å². The number of pyridine rings is 4. The molecule has 0 aliphatic heterocycles. The normalized spacial score (nSPS) is 9.68. The van der Waals surface area contributed by atoms with E-state index in [1.54, 1.807) is 6.92 Å². The van der Waals surface area contributed by atoms with Crippen LogP contribution in [0.1, 0.15) is 20.8 Å². The van der Waals surface area contributed by atoms with Crippen molar-refractivity contribution in [2.75, 3.05) is 0 Å². The van der Waals surface area contributed by atoms with Crippen LogP contribution in [0.5, 0.6) is 23.0 Å². The molecule has 12 aromatic carbocycles. The minimum absolute atomic E-state index is 0. The first-order valence-corrected chi connectivity index (χ1v) is 37.8. The van der Waals surface area contributed by atoms with E-state index in [4.69, 9.17) is 55.6 Å². The third kappa shape index (κ3) is 18.1. The predicted molar refractivity (Wildman–Crippen MR) is 491 cm³/mol. The number of aliphatic carboxylic acids is 2. The first kappa shape index (κ1) is 83.7. The Morgan fingerprint density at radius 3 is 0.832 bits per heavy atom. The maximum absolute atomic E-state index is 9.00. The van der Waals surface area contributed by atoms with Gasteiger partial charge in [-0.1, -0.05) is 173 Å². The van der Waals surface area contributed by atoms with Gasteiger partial charge in [0.05, 0.1) is 66.5 Å². The van der Waals surface area contributed by atoms with Crippen molar-refractivity contribution in [2.24, 2.45) is 0 Å². The molecule has 8 heterocycles. The van der Waals surface area contributed by atoms with Crippen LogP contribution in [0.3, 0.4) is 0 Å². The van der Waals surface area contributed by atoms with Crippen molar-refractivity contribution in [2.45, 2.75) is 20.8 Å². The first-order chi connectivity index (χ1) is 60.5. The van der Waals surface area contributed by atoms with Crippen LogP contribution < -0.4 is 9.47 Å². The Morgan fingerprint density at radius 2 is 0.536 bits per heavy atom. The second-order valence-electron chi connectivity index (χ2n) is 26.5. The van der Waals surface area contributed by atoms with E-state index < -0.39 is 11.9 Å². The summed E-state index contributed by atoms with van der Waals surface area (Å²) in [6.45, 7) is 3.86. The summed E-state index contributed by atoms with van der Waals surface area (Å²) < 4.78 is 22.0. The molecule has 0 fully saturated rings. The molecule has 125 heavy (non-hydrogen) atoms. The van der Waals surface area contributed by atoms with E-state index in [2.05, 4.69) is 408 Å². The summed E-state index contributed by atoms with van der Waals surface area (Å²) in [5.41, 5.74) is 16.3. The van der Waals surface area contributed by atoms with Crippen LogP contribution in [-0.4, -0.2) is 59.7 Å². The minimum Gasteiger partial charge on any atom is -0.497 e. The number of terminal acetylenes is 1. The molecule has 16 heteroatoms. The number of hydrogen-bond donors (Lipinski definition) is 2. The zero-order valence-electron chi connectivity index (χ0n) is 66.1. The van der Waals surface area contributed by atoms with Crippen LogP contribution in [-0.2, 0) is 50.4 Å². The molecule has 0 amide bonds. The Kier molecular flexibility index (Phi) is 26.2. The second-order valence-corrected chi connectivity index (χ2v) is 26.5. The Labute approximate surface area is 744 Å². The average molecular weight is 1780 g/mol. The largest absolute Gasteiger partial charge is 2.00 e. The van der Waals surface area contributed by atoms with Crippen molar-refractivity contribution < 1.29 is 70.1 Å². The summed E-state index contributed by atoms with van der Waals surface area (Å²) in [6, 6.07) is 95.0. The number of hydrogen-bond acceptors (Lipinski definition) is 8. The number of para-hydroxylation sites is 12. The Bertz CT molecular complexity index is 8130. The number of nitrogens with zero attached hydrogens (tertiary/aromatic N) is 8. The molecule has 14 nitrogen and oxygen atoms in total. The molecule has 2 N–H and O–H groups in total. The van der Waals surface area contributed by atoms with Gasteiger partial charge in [-0.3, -0.25) is 28.4 Å². The van der Waals surface area contributed by atoms with Crippen LogP contribution in [0.4, 0.5) is 0 Å². The summed E-state index contributed by atoms with van der Waals surface area (Å²) >= 11 is 0. The quantitative estimate of drug-likeness (QED) is 0.0751. The number of fused-ring (bicyclic) bond motifs is 32. The molecule has 0 aliphatic rings. The van der Waals surface area contributed by atoms with E-state index >= 15 is 0 Å². The summed E-state index contributed by atoms with van der Waals surface area (Å²) in [5, 5.41) is 27.9. The summed E-state index contributed by atoms with van der Waals surface area (Å²) in [7, 11) is 0. The zero-order chi connectivity index (χ0) is 84.4. The van der Waals surface area contributed by atoms with Gasteiger partial charge in [0.2, 0.25) is 0 Å². The number of carboxylic acid groups (broad SMARTS) is 2. The van der Waals surface area contributed by atoms with Gasteiger partial charge in [-0.05, 0) is 232 Å². The van der Waals surface area contributed by atoms with Gasteiger partial charge in [-0.15, -0.1) is 18.6 Å². The van der Waals surface area contributed by atoms with E-state index in [1.807, 2.05) is 36.4 Å². The van der Waals surface area contributed by atoms with Gasteiger partial charge >= 0.3 is 20.4 Å². The van der Waals surface area contributed by atoms with Gasteiger partial charge in [-0.2, -0.15) is 0 Å². The van der Waals surface area contributed by atoms with Crippen molar-refractivity contribution in [1.82, 2.24) is 37.5 Å². The van der Waals surface area contributed by atoms with Crippen LogP contribution in [0, 0.1) is 178 Å². The van der Waals surface area contributed by atoms with E-state index in [0.717, 1.165) is 168 Å². The number of imidazole rings is 4. The van der Waals surface area contributed by atoms with Gasteiger partial charge in [-0.25, -0.2) is 9.97 Å². The smallest absolute Gasteiger partial charge is 0.497 e. The van der Waals surface area contributed by atoms with Gasteiger partial charge in [0.15, 0.2) is 0 Å². The maximum atomic E-state index is 9.00. The molecule has 0 radical (unpaired) electrons. The van der Waals surface area contributed by atoms with Crippen molar-refractivity contribution in [3.05, 3.63) is 267 Å². The fourth-order valence-corrected chi connectivity index (χ4v) is 14.3. The molecule has 586 valence electrons. The molecule has 8 aromatic heterocycles. The van der Waals surface area contributed by atoms with Crippen molar-refractivity contribution >= 4 is 165 Å². The van der Waals surface area contributed by atoms with E-state index in [9.17, 15) is 0 Å². The third-order valence-electron chi connectivity index (χ3n) is 18.9. The number of ether oxygens (including phenoxy) is 2. The molecule has 0 saturated heterocycles. The second kappa shape index (κ2) is 39.2. The molecule has 0 unspecified atom stereocenters. The van der Waals surface area contributed by atoms with Crippen molar-refractivity contribution in [1.29, 1.82) is 0 Å². The van der Waals surface area contributed by atoms with E-state index in [1.165, 1.54) is 10.8 Å². The van der Waals surface area contributed by atoms with Crippen molar-refractivity contribution in [3.63, 3.8) is 0 Å². The Balaban J connectivity index is 0.000000148. The molecule has 20 rings (SSSR count). The molecular formula is C109H54N8O6Pd2. The molecule has 0 atom stereocenters. The first-order valence-electron chi connectivity index (χ1n) is 37.8. The van der Waals surface area contributed by atoms with Gasteiger partial charge < -0.3 is 28.5 Å². The predicted octanol–water partition coefficient (Wildman–Crippen LogP) is 19.8. The van der Waals surface area contributed by atoms with E-state index in [-0.39, 0.29) is 40.8 Å². The number of rotatable bonds is 4. The zero-order valence-corrected chi connectivity index (χ0v) is 69.2. The van der Waals surface area contributed by atoms with Crippen LogP contribution in [0.2, 0.25) is 0 Å². The number of benzene rings is 12. The van der Waals surface area contributed by atoms with Crippen molar-refractivity contribution in [3.8, 4) is 189 Å². The van der Waals surface area contributed by atoms with Gasteiger partial charge in [0.25, 0.3) is 11.9 Å². The number of carbonyl (C=O) groups is 2. The maximum Gasteiger partial charge on any atom is 2.00 e. The summed E-state index contributed by atoms with van der Waals surface area (Å²) in [6.07, 6.45) is 4.92. The van der Waals surface area contributed by atoms with Gasteiger partial charge in [0, 0.05) is 138 Å². The number of aromatic nitrogens is 8. The SMILES string of the molecule is C#CC#CC#CC#CC#CC#CC#CC#CC#CC#CC#CC#CC#CC#CC.CC(=O)O.CC(=O)O.[Pd+2].[Pd].[c-]1c(Oc2[c-]c3c(cc2)c2ccccc2n2c4ccccc4nc32)ccc2c1c1nc3ccccc3n1c1ccccc21.c1ccc2c(c1)nc1c3cc(Oc4ccc5c6ccccc6n6c7ccccc7nc6c5c4)ccc3c3ccccc3n21. The monoisotopic (exact) mass is 1780 g/mol. The average Bonchev–Trinajstić information content (AvgIpc) is 1.63. The topological polar surface area (TPSA) is 162 Å². The Hall–Kier alpha value is -17.8. The van der Waals surface area contributed by atoms with Crippen LogP contribution in [0.25, 0.3) is 153 Å². The fraction of sp³-hybridized carbons (Fsp3) is 0.0275. The Morgan fingerprint density at radius 1 is 0.296 bits per heavy atom. The molecule has 0 saturated carbocycles. The molecule has 20 aromatic rings. The number of carboxylic acids is 2. The molecular weight excluding hydrogens is 1730 g/mol. The van der Waals surface area contributed by atoms with Crippen LogP contribution in [0.15, 0.2) is 255 Å². The standard InChI is InChI=1S/C38H22N4O.C38H20N4O.C29H4.2C2H4O2.2Pd/c2*1-5-13-33-27(9-1)25-19-17-23(21-29(25)37-39-31-11-3-7-15-35(31)41(33)37)43-24-18-20-26-28-10-2-6-14-34(28)42-36-16-8-4-12-32(36)40-38(42)30(26)22-24;1-3-5-7-9-11-13-15-17-19-21-23-25-27-29-28-26-24-22-20-18-16-14-12-10-8-6-4-2;2*1-2(3)4;;/h1-22H;1-20H;1H,2H3;2*1H3,(H,3,4);;/q;-2;;;;;+2. The molecule has 0 bridgehead atoms. The minimum atomic E-state index is -0.833. The molecule has 0 spiro atoms. The summed E-state index contributed by atoms with van der Waals surface area (Å²) in [4.78, 5) is 38.2. The van der Waals surface area contributed by atoms with E-state index in [0.29, 0.717) is 11.5 Å². The van der Waals surface area contributed by atoms with Crippen LogP contribution >= 0.6 is 0 Å². The molecule has 0 aliphatic carbocycles. The fourth-order valence-electron chi connectivity index (χ4n) is 14.3. The summed E-state index contributed by atoms with van der Waals surface area (Å²) in [5.74, 6) is 68.0.